The lowest BCUT2D eigenvalue weighted by molar-refractivity contribution is 0.312. The number of imidazole rings is 1. The van der Waals surface area contributed by atoms with Gasteiger partial charge in [0.1, 0.15) is 10.8 Å². The van der Waals surface area contributed by atoms with Crippen molar-refractivity contribution in [1.29, 1.82) is 0 Å². The third-order valence-corrected chi connectivity index (χ3v) is 4.84. The molecule has 3 heterocycles. The number of hydrogen-bond acceptors (Lipinski definition) is 5. The summed E-state index contributed by atoms with van der Waals surface area (Å²) in [5.41, 5.74) is 2.26. The summed E-state index contributed by atoms with van der Waals surface area (Å²) < 4.78 is 0. The molecule has 0 saturated heterocycles. The van der Waals surface area contributed by atoms with Gasteiger partial charge in [0.05, 0.1) is 10.6 Å². The van der Waals surface area contributed by atoms with Gasteiger partial charge >= 0.3 is 0 Å². The van der Waals surface area contributed by atoms with E-state index in [1.54, 1.807) is 22.7 Å². The number of nitrogens with zero attached hydrogens (tertiary/aromatic N) is 3. The number of aromatic amines is 1. The van der Waals surface area contributed by atoms with Crippen LogP contribution in [-0.4, -0.2) is 26.9 Å². The third-order valence-electron chi connectivity index (χ3n) is 2.91. The fourth-order valence-corrected chi connectivity index (χ4v) is 3.69. The Morgan fingerprint density at radius 3 is 2.90 bits per heavy atom. The van der Waals surface area contributed by atoms with Gasteiger partial charge in [-0.05, 0) is 25.4 Å². The summed E-state index contributed by atoms with van der Waals surface area (Å²) >= 11 is 3.45. The van der Waals surface area contributed by atoms with Gasteiger partial charge in [-0.1, -0.05) is 6.07 Å². The second-order valence-corrected chi connectivity index (χ2v) is 6.59. The highest BCUT2D eigenvalue weighted by Gasteiger charge is 2.09. The summed E-state index contributed by atoms with van der Waals surface area (Å²) in [4.78, 5) is 15.7. The second-order valence-electron chi connectivity index (χ2n) is 4.79. The molecule has 4 nitrogen and oxygen atoms in total. The van der Waals surface area contributed by atoms with Crippen molar-refractivity contribution >= 4 is 22.7 Å². The van der Waals surface area contributed by atoms with E-state index in [1.165, 1.54) is 4.88 Å². The number of thiazole rings is 1. The zero-order valence-electron chi connectivity index (χ0n) is 11.5. The van der Waals surface area contributed by atoms with Crippen molar-refractivity contribution in [3.05, 3.63) is 46.3 Å². The van der Waals surface area contributed by atoms with Crippen LogP contribution in [0.3, 0.4) is 0 Å². The lowest BCUT2D eigenvalue weighted by Crippen LogP contribution is -2.17. The summed E-state index contributed by atoms with van der Waals surface area (Å²) in [7, 11) is 2.10. The molecule has 0 aliphatic rings. The Balaban J connectivity index is 1.63. The van der Waals surface area contributed by atoms with Crippen molar-refractivity contribution in [3.8, 4) is 9.88 Å². The van der Waals surface area contributed by atoms with Crippen molar-refractivity contribution < 1.29 is 0 Å². The molecule has 0 atom stereocenters. The van der Waals surface area contributed by atoms with Crippen molar-refractivity contribution in [3.63, 3.8) is 0 Å². The van der Waals surface area contributed by atoms with E-state index in [2.05, 4.69) is 44.8 Å². The normalized spacial score (nSPS) is 11.3. The predicted octanol–water partition coefficient (Wildman–Crippen LogP) is 3.54. The van der Waals surface area contributed by atoms with Crippen LogP contribution in [0, 0.1) is 6.92 Å². The molecule has 20 heavy (non-hydrogen) atoms. The second kappa shape index (κ2) is 5.87. The maximum atomic E-state index is 4.70. The van der Waals surface area contributed by atoms with Gasteiger partial charge in [0.15, 0.2) is 0 Å². The number of hydrogen-bond donors (Lipinski definition) is 1. The first kappa shape index (κ1) is 13.5. The average molecular weight is 304 g/mol. The molecule has 3 aromatic rings. The van der Waals surface area contributed by atoms with Crippen molar-refractivity contribution in [2.75, 3.05) is 7.05 Å². The Labute approximate surface area is 126 Å². The van der Waals surface area contributed by atoms with Crippen LogP contribution >= 0.6 is 22.7 Å². The quantitative estimate of drug-likeness (QED) is 0.784. The van der Waals surface area contributed by atoms with E-state index >= 15 is 0 Å². The van der Waals surface area contributed by atoms with Gasteiger partial charge in [-0.15, -0.1) is 22.7 Å². The Hall–Kier alpha value is -1.50. The van der Waals surface area contributed by atoms with E-state index in [1.807, 2.05) is 13.1 Å². The molecule has 104 valence electrons. The predicted molar refractivity (Wildman–Crippen MR) is 83.9 cm³/mol. The lowest BCUT2D eigenvalue weighted by Gasteiger charge is -2.13. The number of thiophene rings is 1. The van der Waals surface area contributed by atoms with Gasteiger partial charge < -0.3 is 4.98 Å². The lowest BCUT2D eigenvalue weighted by atomic mass is 10.4. The standard InChI is InChI=1S/C14H16N4S2/c1-10-15-6-11(16-10)7-18(2)8-12-9-20-14(17-12)13-4-3-5-19-13/h3-6,9H,7-8H2,1-2H3,(H,15,16). The minimum atomic E-state index is 0.847. The molecule has 0 fully saturated rings. The van der Waals surface area contributed by atoms with Gasteiger partial charge in [-0.25, -0.2) is 9.97 Å². The third kappa shape index (κ3) is 3.15. The summed E-state index contributed by atoms with van der Waals surface area (Å²) in [6, 6.07) is 4.18. The van der Waals surface area contributed by atoms with Crippen LogP contribution in [0.15, 0.2) is 29.1 Å². The van der Waals surface area contributed by atoms with E-state index in [4.69, 9.17) is 4.98 Å². The minimum absolute atomic E-state index is 0.847. The van der Waals surface area contributed by atoms with E-state index in [0.29, 0.717) is 0 Å². The molecule has 0 bridgehead atoms. The van der Waals surface area contributed by atoms with Gasteiger partial charge in [0, 0.05) is 30.4 Å². The van der Waals surface area contributed by atoms with Crippen LogP contribution < -0.4 is 0 Å². The fourth-order valence-electron chi connectivity index (χ4n) is 2.07. The molecule has 0 saturated carbocycles. The van der Waals surface area contributed by atoms with Gasteiger partial charge in [-0.2, -0.15) is 0 Å². The maximum Gasteiger partial charge on any atom is 0.133 e. The van der Waals surface area contributed by atoms with E-state index in [0.717, 1.165) is 35.3 Å². The van der Waals surface area contributed by atoms with Crippen molar-refractivity contribution in [2.24, 2.45) is 0 Å². The molecule has 0 aliphatic carbocycles. The number of nitrogens with one attached hydrogen (secondary N) is 1. The Bertz CT molecular complexity index is 669. The van der Waals surface area contributed by atoms with E-state index in [9.17, 15) is 0 Å². The summed E-state index contributed by atoms with van der Waals surface area (Å²) in [6.45, 7) is 3.67. The molecule has 0 radical (unpaired) electrons. The number of aryl methyl sites for hydroxylation is 1. The SMILES string of the molecule is Cc1ncc(CN(C)Cc2csc(-c3cccs3)n2)[nH]1. The monoisotopic (exact) mass is 304 g/mol. The molecule has 6 heteroatoms. The van der Waals surface area contributed by atoms with E-state index < -0.39 is 0 Å². The van der Waals surface area contributed by atoms with Crippen LogP contribution in [-0.2, 0) is 13.1 Å². The molecule has 3 aromatic heterocycles. The Kier molecular flexibility index (Phi) is 3.95. The first-order valence-corrected chi connectivity index (χ1v) is 8.14. The molecular formula is C14H16N4S2. The summed E-state index contributed by atoms with van der Waals surface area (Å²) in [6.07, 6.45) is 1.89. The smallest absolute Gasteiger partial charge is 0.133 e. The van der Waals surface area contributed by atoms with Crippen molar-refractivity contribution in [2.45, 2.75) is 20.0 Å². The van der Waals surface area contributed by atoms with Gasteiger partial charge in [0.2, 0.25) is 0 Å². The zero-order valence-corrected chi connectivity index (χ0v) is 13.1. The molecular weight excluding hydrogens is 288 g/mol. The fraction of sp³-hybridized carbons (Fsp3) is 0.286. The first-order chi connectivity index (χ1) is 9.70. The van der Waals surface area contributed by atoms with Crippen molar-refractivity contribution in [1.82, 2.24) is 19.9 Å². The molecule has 0 aromatic carbocycles. The van der Waals surface area contributed by atoms with Crippen LogP contribution in [0.1, 0.15) is 17.2 Å². The highest BCUT2D eigenvalue weighted by molar-refractivity contribution is 7.20. The topological polar surface area (TPSA) is 44.8 Å². The molecule has 1 N–H and O–H groups in total. The molecule has 3 rings (SSSR count). The average Bonchev–Trinajstić information content (AvgIpc) is 3.10. The van der Waals surface area contributed by atoms with Crippen LogP contribution in [0.5, 0.6) is 0 Å². The highest BCUT2D eigenvalue weighted by atomic mass is 32.1. The van der Waals surface area contributed by atoms with Crippen LogP contribution in [0.2, 0.25) is 0 Å². The summed E-state index contributed by atoms with van der Waals surface area (Å²) in [5, 5.41) is 5.34. The largest absolute Gasteiger partial charge is 0.345 e. The maximum absolute atomic E-state index is 4.70. The first-order valence-electron chi connectivity index (χ1n) is 6.38. The Morgan fingerprint density at radius 2 is 2.20 bits per heavy atom. The Morgan fingerprint density at radius 1 is 1.30 bits per heavy atom. The van der Waals surface area contributed by atoms with E-state index in [-0.39, 0.29) is 0 Å². The molecule has 0 amide bonds. The highest BCUT2D eigenvalue weighted by Crippen LogP contribution is 2.28. The van der Waals surface area contributed by atoms with Crippen LogP contribution in [0.4, 0.5) is 0 Å². The minimum Gasteiger partial charge on any atom is -0.345 e. The number of H-pyrrole nitrogens is 1. The molecule has 0 aliphatic heterocycles. The molecule has 0 spiro atoms. The van der Waals surface area contributed by atoms with Crippen LogP contribution in [0.25, 0.3) is 9.88 Å². The zero-order chi connectivity index (χ0) is 13.9. The van der Waals surface area contributed by atoms with Gasteiger partial charge in [-0.3, -0.25) is 4.90 Å². The van der Waals surface area contributed by atoms with Gasteiger partial charge in [0.25, 0.3) is 0 Å². The molecule has 0 unspecified atom stereocenters. The number of rotatable bonds is 5. The number of aromatic nitrogens is 3. The summed E-state index contributed by atoms with van der Waals surface area (Å²) in [5.74, 6) is 0.960.